The maximum absolute atomic E-state index is 7.47. The average molecular weight is 455 g/mol. The molecule has 7 rings (SSSR count). The first-order valence-corrected chi connectivity index (χ1v) is 13.6. The molecular weight excluding hydrogens is 416 g/mol. The Labute approximate surface area is 204 Å². The number of fused-ring (bicyclic) bond motifs is 2. The van der Waals surface area contributed by atoms with E-state index in [1.54, 1.807) is 5.57 Å². The summed E-state index contributed by atoms with van der Waals surface area (Å²) in [6.45, 7) is 5.99. The molecule has 0 radical (unpaired) electrons. The van der Waals surface area contributed by atoms with E-state index in [-0.39, 0.29) is 16.6 Å². The third-order valence-electron chi connectivity index (χ3n) is 10.8. The van der Waals surface area contributed by atoms with Gasteiger partial charge < -0.3 is 9.64 Å². The molecule has 2 aliphatic heterocycles. The quantitative estimate of drug-likeness (QED) is 0.510. The van der Waals surface area contributed by atoms with E-state index in [1.165, 1.54) is 73.3 Å². The van der Waals surface area contributed by atoms with Gasteiger partial charge in [-0.3, -0.25) is 4.98 Å². The second-order valence-corrected chi connectivity index (χ2v) is 12.2. The van der Waals surface area contributed by atoms with E-state index in [4.69, 9.17) is 4.74 Å². The molecule has 3 nitrogen and oxygen atoms in total. The first kappa shape index (κ1) is 21.3. The zero-order valence-corrected chi connectivity index (χ0v) is 21.0. The van der Waals surface area contributed by atoms with Gasteiger partial charge in [-0.2, -0.15) is 0 Å². The van der Waals surface area contributed by atoms with Gasteiger partial charge in [0.15, 0.2) is 0 Å². The summed E-state index contributed by atoms with van der Waals surface area (Å²) in [6.07, 6.45) is 18.9. The van der Waals surface area contributed by atoms with Crippen molar-refractivity contribution in [1.29, 1.82) is 0 Å². The maximum atomic E-state index is 7.47. The predicted octanol–water partition coefficient (Wildman–Crippen LogP) is 6.80. The van der Waals surface area contributed by atoms with Crippen molar-refractivity contribution < 1.29 is 4.74 Å². The van der Waals surface area contributed by atoms with Gasteiger partial charge in [0, 0.05) is 23.8 Å². The predicted molar refractivity (Wildman–Crippen MR) is 138 cm³/mol. The molecule has 1 aromatic carbocycles. The lowest BCUT2D eigenvalue weighted by molar-refractivity contribution is -0.140. The number of nitrogens with zero attached hydrogens (tertiary/aromatic N) is 2. The lowest BCUT2D eigenvalue weighted by atomic mass is 9.58. The monoisotopic (exact) mass is 454 g/mol. The summed E-state index contributed by atoms with van der Waals surface area (Å²) in [4.78, 5) is 6.94. The summed E-state index contributed by atoms with van der Waals surface area (Å²) in [5.74, 6) is 1.20. The summed E-state index contributed by atoms with van der Waals surface area (Å²) in [5, 5.41) is 2.56. The van der Waals surface area contributed by atoms with E-state index in [9.17, 15) is 0 Å². The Morgan fingerprint density at radius 2 is 2.03 bits per heavy atom. The van der Waals surface area contributed by atoms with Gasteiger partial charge in [0.05, 0.1) is 11.2 Å². The van der Waals surface area contributed by atoms with Crippen LogP contribution in [-0.2, 0) is 4.74 Å². The van der Waals surface area contributed by atoms with Gasteiger partial charge in [-0.05, 0) is 116 Å². The molecule has 3 heteroatoms. The van der Waals surface area contributed by atoms with Crippen molar-refractivity contribution in [2.45, 2.75) is 88.4 Å². The first-order valence-electron chi connectivity index (χ1n) is 13.6. The number of pyridine rings is 1. The van der Waals surface area contributed by atoms with Crippen LogP contribution in [-0.4, -0.2) is 40.7 Å². The topological polar surface area (TPSA) is 25.4 Å². The standard InChI is InChI=1S/C31H38N2O/c1-4-33(3)26-8-7-24-18-25-11-13-29(2)27(22-6-5-21-12-16-32-20-23(21)17-22)9-10-28(29)31(25)15-14-30(24,19-26)34-31/h5-6,11-12,16-18,20,26-28H,4,7-10,13-15,19H2,1-3H3/t26-,27-,28-,29-,30-,31?/m1/s1. The van der Waals surface area contributed by atoms with Crippen molar-refractivity contribution in [3.05, 3.63) is 65.5 Å². The molecule has 2 spiro atoms. The number of allylic oxidation sites excluding steroid dienone is 1. The molecule has 0 N–H and O–H groups in total. The highest BCUT2D eigenvalue weighted by Gasteiger charge is 2.66. The van der Waals surface area contributed by atoms with E-state index < -0.39 is 0 Å². The van der Waals surface area contributed by atoms with Crippen LogP contribution in [0.1, 0.15) is 76.7 Å². The van der Waals surface area contributed by atoms with Crippen LogP contribution < -0.4 is 0 Å². The highest BCUT2D eigenvalue weighted by molar-refractivity contribution is 5.82. The van der Waals surface area contributed by atoms with Crippen LogP contribution in [0.15, 0.2) is 60.0 Å². The van der Waals surface area contributed by atoms with Crippen LogP contribution in [0.3, 0.4) is 0 Å². The minimum atomic E-state index is -0.0592. The minimum Gasteiger partial charge on any atom is -0.359 e. The van der Waals surface area contributed by atoms with E-state index in [2.05, 4.69) is 67.2 Å². The zero-order valence-electron chi connectivity index (χ0n) is 21.0. The van der Waals surface area contributed by atoms with E-state index in [0.29, 0.717) is 17.9 Å². The summed E-state index contributed by atoms with van der Waals surface area (Å²) < 4.78 is 7.47. The number of rotatable bonds is 3. The molecular formula is C31H38N2O. The summed E-state index contributed by atoms with van der Waals surface area (Å²) in [6, 6.07) is 9.88. The number of ether oxygens (including phenoxy) is 1. The summed E-state index contributed by atoms with van der Waals surface area (Å²) >= 11 is 0. The van der Waals surface area contributed by atoms with Gasteiger partial charge in [-0.15, -0.1) is 0 Å². The van der Waals surface area contributed by atoms with E-state index >= 15 is 0 Å². The van der Waals surface area contributed by atoms with Gasteiger partial charge in [0.2, 0.25) is 0 Å². The molecule has 6 atom stereocenters. The second-order valence-electron chi connectivity index (χ2n) is 12.2. The van der Waals surface area contributed by atoms with Gasteiger partial charge in [0.1, 0.15) is 0 Å². The molecule has 3 aliphatic carbocycles. The number of aromatic nitrogens is 1. The van der Waals surface area contributed by atoms with E-state index in [1.807, 2.05) is 12.4 Å². The lowest BCUT2D eigenvalue weighted by Crippen LogP contribution is -2.55. The normalized spacial score (nSPS) is 40.5. The Balaban J connectivity index is 1.26. The molecule has 1 aromatic heterocycles. The fourth-order valence-electron chi connectivity index (χ4n) is 8.88. The Kier molecular flexibility index (Phi) is 4.56. The molecule has 1 saturated heterocycles. The van der Waals surface area contributed by atoms with Gasteiger partial charge in [-0.1, -0.05) is 38.1 Å². The zero-order chi connectivity index (χ0) is 23.1. The molecule has 2 bridgehead atoms. The molecule has 1 unspecified atom stereocenters. The Morgan fingerprint density at radius 1 is 1.12 bits per heavy atom. The Bertz CT molecular complexity index is 1210. The highest BCUT2D eigenvalue weighted by atomic mass is 16.5. The van der Waals surface area contributed by atoms with Crippen molar-refractivity contribution in [2.24, 2.45) is 11.3 Å². The number of benzene rings is 1. The number of hydrogen-bond donors (Lipinski definition) is 0. The van der Waals surface area contributed by atoms with Crippen molar-refractivity contribution in [3.8, 4) is 0 Å². The van der Waals surface area contributed by atoms with Crippen LogP contribution in [0.5, 0.6) is 0 Å². The number of hydrogen-bond acceptors (Lipinski definition) is 3. The fourth-order valence-corrected chi connectivity index (χ4v) is 8.88. The smallest absolute Gasteiger partial charge is 0.0974 e. The minimum absolute atomic E-state index is 0.00532. The Hall–Kier alpha value is -1.97. The molecule has 34 heavy (non-hydrogen) atoms. The molecule has 178 valence electrons. The summed E-state index contributed by atoms with van der Waals surface area (Å²) in [5.41, 5.74) is 4.83. The van der Waals surface area contributed by atoms with Crippen molar-refractivity contribution in [1.82, 2.24) is 9.88 Å². The molecule has 5 aliphatic rings. The van der Waals surface area contributed by atoms with Crippen LogP contribution in [0.2, 0.25) is 0 Å². The average Bonchev–Trinajstić information content (AvgIpc) is 3.38. The lowest BCUT2D eigenvalue weighted by Gasteiger charge is -2.55. The highest BCUT2D eigenvalue weighted by Crippen LogP contribution is 2.69. The molecule has 2 aromatic rings. The molecule has 3 fully saturated rings. The molecule has 3 heterocycles. The Morgan fingerprint density at radius 3 is 2.91 bits per heavy atom. The SMILES string of the molecule is CCN(C)[C@@H]1CCC2=CC3=CC[C@]4(C)[C@@H](c5ccc6ccncc6c5)CC[C@H]4C34CC[C@]2(C1)O4. The van der Waals surface area contributed by atoms with Gasteiger partial charge in [-0.25, -0.2) is 0 Å². The summed E-state index contributed by atoms with van der Waals surface area (Å²) in [7, 11) is 2.30. The molecule has 2 saturated carbocycles. The van der Waals surface area contributed by atoms with Gasteiger partial charge >= 0.3 is 0 Å². The van der Waals surface area contributed by atoms with Crippen LogP contribution >= 0.6 is 0 Å². The third kappa shape index (κ3) is 2.74. The fraction of sp³-hybridized carbons (Fsp3) is 0.581. The first-order chi connectivity index (χ1) is 16.5. The molecule has 0 amide bonds. The van der Waals surface area contributed by atoms with Crippen molar-refractivity contribution in [3.63, 3.8) is 0 Å². The van der Waals surface area contributed by atoms with Gasteiger partial charge in [0.25, 0.3) is 0 Å². The largest absolute Gasteiger partial charge is 0.359 e. The third-order valence-corrected chi connectivity index (χ3v) is 10.8. The van der Waals surface area contributed by atoms with E-state index in [0.717, 1.165) is 6.54 Å². The van der Waals surface area contributed by atoms with Crippen LogP contribution in [0, 0.1) is 11.3 Å². The second kappa shape index (κ2) is 7.27. The van der Waals surface area contributed by atoms with Crippen LogP contribution in [0.25, 0.3) is 10.8 Å². The maximum Gasteiger partial charge on any atom is 0.0974 e. The van der Waals surface area contributed by atoms with Crippen molar-refractivity contribution in [2.75, 3.05) is 13.6 Å². The van der Waals surface area contributed by atoms with Crippen LogP contribution in [0.4, 0.5) is 0 Å². The van der Waals surface area contributed by atoms with Crippen molar-refractivity contribution >= 4 is 10.8 Å².